The molecule has 1 aromatic rings. The van der Waals surface area contributed by atoms with E-state index in [2.05, 4.69) is 45.5 Å². The van der Waals surface area contributed by atoms with Gasteiger partial charge in [0.2, 0.25) is 0 Å². The fourth-order valence-electron chi connectivity index (χ4n) is 2.64. The van der Waals surface area contributed by atoms with Crippen molar-refractivity contribution in [2.24, 2.45) is 5.73 Å². The smallest absolute Gasteiger partial charge is 0.0591 e. The SMILES string of the molecule is CSC1CCN(C(c2cc(Br)cs2)C(C)N)CC1. The Bertz CT molecular complexity index is 373. The summed E-state index contributed by atoms with van der Waals surface area (Å²) in [6.45, 7) is 4.47. The predicted molar refractivity (Wildman–Crippen MR) is 86.5 cm³/mol. The molecule has 5 heteroatoms. The van der Waals surface area contributed by atoms with Crippen LogP contribution in [0.1, 0.15) is 30.7 Å². The summed E-state index contributed by atoms with van der Waals surface area (Å²) < 4.78 is 1.17. The van der Waals surface area contributed by atoms with Gasteiger partial charge in [-0.2, -0.15) is 11.8 Å². The number of nitrogens with two attached hydrogens (primary N) is 1. The first-order valence-corrected chi connectivity index (χ1v) is 9.34. The highest BCUT2D eigenvalue weighted by atomic mass is 79.9. The zero-order valence-corrected chi connectivity index (χ0v) is 14.2. The molecule has 0 saturated carbocycles. The van der Waals surface area contributed by atoms with Crippen LogP contribution in [0.5, 0.6) is 0 Å². The van der Waals surface area contributed by atoms with Gasteiger partial charge in [0, 0.05) is 26.0 Å². The summed E-state index contributed by atoms with van der Waals surface area (Å²) in [6, 6.07) is 2.78. The molecule has 0 aromatic carbocycles. The van der Waals surface area contributed by atoms with Crippen molar-refractivity contribution in [1.82, 2.24) is 4.90 Å². The van der Waals surface area contributed by atoms with Gasteiger partial charge in [0.1, 0.15) is 0 Å². The second-order valence-corrected chi connectivity index (χ2v) is 7.94. The van der Waals surface area contributed by atoms with Gasteiger partial charge in [-0.05, 0) is 61.1 Å². The molecule has 1 fully saturated rings. The van der Waals surface area contributed by atoms with Gasteiger partial charge in [-0.25, -0.2) is 0 Å². The van der Waals surface area contributed by atoms with E-state index >= 15 is 0 Å². The lowest BCUT2D eigenvalue weighted by molar-refractivity contribution is 0.151. The van der Waals surface area contributed by atoms with E-state index in [-0.39, 0.29) is 6.04 Å². The Morgan fingerprint density at radius 3 is 2.61 bits per heavy atom. The summed E-state index contributed by atoms with van der Waals surface area (Å²) in [6.07, 6.45) is 4.80. The Balaban J connectivity index is 2.07. The first-order chi connectivity index (χ1) is 8.61. The lowest BCUT2D eigenvalue weighted by atomic mass is 10.0. The number of thioether (sulfide) groups is 1. The molecule has 1 aliphatic heterocycles. The minimum absolute atomic E-state index is 0.182. The molecule has 1 aliphatic rings. The molecule has 0 radical (unpaired) electrons. The highest BCUT2D eigenvalue weighted by Gasteiger charge is 2.29. The van der Waals surface area contributed by atoms with Gasteiger partial charge in [0.25, 0.3) is 0 Å². The first kappa shape index (κ1) is 14.9. The second-order valence-electron chi connectivity index (χ2n) is 4.94. The van der Waals surface area contributed by atoms with Crippen LogP contribution in [-0.4, -0.2) is 35.5 Å². The van der Waals surface area contributed by atoms with E-state index in [1.54, 1.807) is 0 Å². The maximum absolute atomic E-state index is 6.22. The lowest BCUT2D eigenvalue weighted by Gasteiger charge is -2.38. The maximum atomic E-state index is 6.22. The van der Waals surface area contributed by atoms with Crippen molar-refractivity contribution in [3.8, 4) is 0 Å². The van der Waals surface area contributed by atoms with Crippen molar-refractivity contribution in [1.29, 1.82) is 0 Å². The van der Waals surface area contributed by atoms with E-state index in [1.807, 2.05) is 23.1 Å². The van der Waals surface area contributed by atoms with Gasteiger partial charge in [0.15, 0.2) is 0 Å². The van der Waals surface area contributed by atoms with Crippen LogP contribution in [0.3, 0.4) is 0 Å². The summed E-state index contributed by atoms with van der Waals surface area (Å²) in [7, 11) is 0. The average molecular weight is 349 g/mol. The third-order valence-corrected chi connectivity index (χ3v) is 6.48. The quantitative estimate of drug-likeness (QED) is 0.898. The molecule has 102 valence electrons. The summed E-state index contributed by atoms with van der Waals surface area (Å²) in [5, 5.41) is 2.99. The number of likely N-dealkylation sites (tertiary alicyclic amines) is 1. The summed E-state index contributed by atoms with van der Waals surface area (Å²) in [4.78, 5) is 3.95. The summed E-state index contributed by atoms with van der Waals surface area (Å²) in [5.74, 6) is 0. The fourth-order valence-corrected chi connectivity index (χ4v) is 5.02. The number of thiophene rings is 1. The predicted octanol–water partition coefficient (Wildman–Crippen LogP) is 3.73. The van der Waals surface area contributed by atoms with Crippen molar-refractivity contribution in [2.45, 2.75) is 37.1 Å². The van der Waals surface area contributed by atoms with Crippen LogP contribution < -0.4 is 5.73 Å². The van der Waals surface area contributed by atoms with Crippen LogP contribution in [-0.2, 0) is 0 Å². The molecule has 2 unspecified atom stereocenters. The second kappa shape index (κ2) is 6.75. The van der Waals surface area contributed by atoms with Crippen LogP contribution in [0.25, 0.3) is 0 Å². The standard InChI is InChI=1S/C13H21BrN2S2/c1-9(15)13(12-7-10(14)8-18-12)16-5-3-11(17-2)4-6-16/h7-9,11,13H,3-6,15H2,1-2H3. The van der Waals surface area contributed by atoms with Crippen molar-refractivity contribution < 1.29 is 0 Å². The zero-order valence-electron chi connectivity index (χ0n) is 10.9. The Labute approximate surface area is 126 Å². The van der Waals surface area contributed by atoms with E-state index in [1.165, 1.54) is 35.3 Å². The van der Waals surface area contributed by atoms with E-state index in [9.17, 15) is 0 Å². The molecule has 2 heterocycles. The largest absolute Gasteiger partial charge is 0.326 e. The van der Waals surface area contributed by atoms with Gasteiger partial charge in [-0.3, -0.25) is 4.90 Å². The monoisotopic (exact) mass is 348 g/mol. The third kappa shape index (κ3) is 3.51. The van der Waals surface area contributed by atoms with E-state index < -0.39 is 0 Å². The van der Waals surface area contributed by atoms with E-state index in [0.717, 1.165) is 5.25 Å². The van der Waals surface area contributed by atoms with Crippen LogP contribution in [0.4, 0.5) is 0 Å². The molecule has 0 bridgehead atoms. The minimum Gasteiger partial charge on any atom is -0.326 e. The van der Waals surface area contributed by atoms with Crippen LogP contribution in [0.2, 0.25) is 0 Å². The van der Waals surface area contributed by atoms with Crippen molar-refractivity contribution in [3.63, 3.8) is 0 Å². The average Bonchev–Trinajstić information content (AvgIpc) is 2.76. The number of piperidine rings is 1. The van der Waals surface area contributed by atoms with Crippen molar-refractivity contribution in [2.75, 3.05) is 19.3 Å². The molecule has 0 spiro atoms. The van der Waals surface area contributed by atoms with Gasteiger partial charge >= 0.3 is 0 Å². The minimum atomic E-state index is 0.182. The molecular weight excluding hydrogens is 328 g/mol. The zero-order chi connectivity index (χ0) is 13.1. The van der Waals surface area contributed by atoms with E-state index in [0.29, 0.717) is 6.04 Å². The Morgan fingerprint density at radius 1 is 1.50 bits per heavy atom. The number of halogens is 1. The molecule has 1 saturated heterocycles. The third-order valence-electron chi connectivity index (χ3n) is 3.58. The highest BCUT2D eigenvalue weighted by Crippen LogP contribution is 2.34. The molecule has 0 aliphatic carbocycles. The van der Waals surface area contributed by atoms with Gasteiger partial charge in [0.05, 0.1) is 6.04 Å². The van der Waals surface area contributed by atoms with Gasteiger partial charge in [-0.15, -0.1) is 11.3 Å². The molecular formula is C13H21BrN2S2. The molecule has 2 atom stereocenters. The number of nitrogens with zero attached hydrogens (tertiary/aromatic N) is 1. The highest BCUT2D eigenvalue weighted by molar-refractivity contribution is 9.10. The van der Waals surface area contributed by atoms with Crippen molar-refractivity contribution >= 4 is 39.0 Å². The molecule has 2 nitrogen and oxygen atoms in total. The van der Waals surface area contributed by atoms with Gasteiger partial charge < -0.3 is 5.73 Å². The Hall–Kier alpha value is 0.450. The molecule has 18 heavy (non-hydrogen) atoms. The molecule has 0 amide bonds. The van der Waals surface area contributed by atoms with Gasteiger partial charge in [-0.1, -0.05) is 0 Å². The number of rotatable bonds is 4. The normalized spacial score (nSPS) is 22.0. The van der Waals surface area contributed by atoms with Crippen LogP contribution in [0.15, 0.2) is 15.9 Å². The Kier molecular flexibility index (Phi) is 5.57. The summed E-state index contributed by atoms with van der Waals surface area (Å²) in [5.41, 5.74) is 6.22. The van der Waals surface area contributed by atoms with Crippen LogP contribution in [0, 0.1) is 0 Å². The maximum Gasteiger partial charge on any atom is 0.0591 e. The topological polar surface area (TPSA) is 29.3 Å². The summed E-state index contributed by atoms with van der Waals surface area (Å²) >= 11 is 7.36. The number of hydrogen-bond donors (Lipinski definition) is 1. The van der Waals surface area contributed by atoms with E-state index in [4.69, 9.17) is 5.73 Å². The molecule has 2 rings (SSSR count). The molecule has 2 N–H and O–H groups in total. The molecule has 1 aromatic heterocycles. The van der Waals surface area contributed by atoms with Crippen LogP contribution >= 0.6 is 39.0 Å². The van der Waals surface area contributed by atoms with Crippen molar-refractivity contribution in [3.05, 3.63) is 20.8 Å². The lowest BCUT2D eigenvalue weighted by Crippen LogP contribution is -2.43. The first-order valence-electron chi connectivity index (χ1n) is 6.38. The Morgan fingerprint density at radius 2 is 2.17 bits per heavy atom. The fraction of sp³-hybridized carbons (Fsp3) is 0.692. The number of hydrogen-bond acceptors (Lipinski definition) is 4.